The van der Waals surface area contributed by atoms with Gasteiger partial charge in [-0.2, -0.15) is 13.2 Å². The molecular formula is C16H22F3NO2. The normalized spacial score (nSPS) is 14.9. The van der Waals surface area contributed by atoms with E-state index < -0.39 is 23.8 Å². The minimum Gasteiger partial charge on any atom is -0.480 e. The lowest BCUT2D eigenvalue weighted by Crippen LogP contribution is -2.39. The maximum atomic E-state index is 12.5. The first-order valence-electron chi connectivity index (χ1n) is 7.24. The minimum absolute atomic E-state index is 0.0729. The molecule has 0 saturated carbocycles. The molecule has 0 bridgehead atoms. The summed E-state index contributed by atoms with van der Waals surface area (Å²) >= 11 is 0. The summed E-state index contributed by atoms with van der Waals surface area (Å²) < 4.78 is 37.5. The van der Waals surface area contributed by atoms with Gasteiger partial charge in [0, 0.05) is 6.54 Å². The summed E-state index contributed by atoms with van der Waals surface area (Å²) in [6.45, 7) is 6.13. The topological polar surface area (TPSA) is 49.3 Å². The molecule has 2 N–H and O–H groups in total. The van der Waals surface area contributed by atoms with Crippen LogP contribution in [-0.4, -0.2) is 23.7 Å². The highest BCUT2D eigenvalue weighted by Gasteiger charge is 2.30. The Morgan fingerprint density at radius 3 is 2.14 bits per heavy atom. The fourth-order valence-corrected chi connectivity index (χ4v) is 2.18. The van der Waals surface area contributed by atoms with E-state index >= 15 is 0 Å². The first-order valence-corrected chi connectivity index (χ1v) is 7.24. The van der Waals surface area contributed by atoms with Crippen molar-refractivity contribution in [1.82, 2.24) is 5.32 Å². The van der Waals surface area contributed by atoms with Crippen LogP contribution in [0.25, 0.3) is 0 Å². The molecule has 3 nitrogen and oxygen atoms in total. The van der Waals surface area contributed by atoms with Crippen LogP contribution in [0.5, 0.6) is 0 Å². The van der Waals surface area contributed by atoms with Gasteiger partial charge in [0.15, 0.2) is 0 Å². The van der Waals surface area contributed by atoms with Gasteiger partial charge >= 0.3 is 12.1 Å². The molecule has 1 unspecified atom stereocenters. The second-order valence-electron chi connectivity index (χ2n) is 5.95. The molecule has 0 radical (unpaired) electrons. The first-order chi connectivity index (χ1) is 10.1. The maximum Gasteiger partial charge on any atom is 0.416 e. The summed E-state index contributed by atoms with van der Waals surface area (Å²) in [5.41, 5.74) is 0.0637. The molecule has 0 saturated heterocycles. The largest absolute Gasteiger partial charge is 0.480 e. The standard InChI is InChI=1S/C16H22F3NO2/c1-10(2)8-14(15(21)22)20-9-11(3)12-4-6-13(7-5-12)16(17,18)19/h4-7,10-11,14,20H,8-9H2,1-3H3,(H,21,22)/t11?,14-/m1/s1. The van der Waals surface area contributed by atoms with Crippen LogP contribution in [0, 0.1) is 5.92 Å². The van der Waals surface area contributed by atoms with Gasteiger partial charge in [-0.15, -0.1) is 0 Å². The third kappa shape index (κ3) is 5.67. The molecule has 2 atom stereocenters. The van der Waals surface area contributed by atoms with E-state index in [2.05, 4.69) is 5.32 Å². The number of halogens is 3. The maximum absolute atomic E-state index is 12.5. The lowest BCUT2D eigenvalue weighted by atomic mass is 9.98. The van der Waals surface area contributed by atoms with Crippen molar-refractivity contribution in [2.75, 3.05) is 6.54 Å². The van der Waals surface area contributed by atoms with Crippen molar-refractivity contribution in [3.8, 4) is 0 Å². The number of carboxylic acid groups (broad SMARTS) is 1. The SMILES string of the molecule is CC(C)C[C@@H](NCC(C)c1ccc(C(F)(F)F)cc1)C(=O)O. The Labute approximate surface area is 128 Å². The molecular weight excluding hydrogens is 295 g/mol. The third-order valence-corrected chi connectivity index (χ3v) is 3.48. The molecule has 22 heavy (non-hydrogen) atoms. The zero-order chi connectivity index (χ0) is 16.9. The molecule has 0 spiro atoms. The fraction of sp³-hybridized carbons (Fsp3) is 0.562. The van der Waals surface area contributed by atoms with Gasteiger partial charge < -0.3 is 10.4 Å². The van der Waals surface area contributed by atoms with Crippen LogP contribution in [0.1, 0.15) is 44.2 Å². The van der Waals surface area contributed by atoms with E-state index in [9.17, 15) is 18.0 Å². The van der Waals surface area contributed by atoms with Gasteiger partial charge in [0.05, 0.1) is 5.56 Å². The number of benzene rings is 1. The van der Waals surface area contributed by atoms with Gasteiger partial charge in [-0.05, 0) is 36.0 Å². The Kier molecular flexibility index (Phi) is 6.41. The van der Waals surface area contributed by atoms with Gasteiger partial charge in [-0.3, -0.25) is 4.79 Å². The molecule has 0 aromatic heterocycles. The highest BCUT2D eigenvalue weighted by molar-refractivity contribution is 5.73. The summed E-state index contributed by atoms with van der Waals surface area (Å²) in [7, 11) is 0. The molecule has 1 aromatic rings. The predicted molar refractivity (Wildman–Crippen MR) is 78.7 cm³/mol. The number of carboxylic acids is 1. The van der Waals surface area contributed by atoms with Crippen molar-refractivity contribution in [2.24, 2.45) is 5.92 Å². The van der Waals surface area contributed by atoms with E-state index in [1.807, 2.05) is 20.8 Å². The van der Waals surface area contributed by atoms with Crippen LogP contribution in [-0.2, 0) is 11.0 Å². The van der Waals surface area contributed by atoms with E-state index in [-0.39, 0.29) is 11.8 Å². The van der Waals surface area contributed by atoms with Crippen molar-refractivity contribution in [3.63, 3.8) is 0 Å². The number of alkyl halides is 3. The Balaban J connectivity index is 2.64. The summed E-state index contributed by atoms with van der Waals surface area (Å²) in [6.07, 6.45) is -3.83. The number of aliphatic carboxylic acids is 1. The van der Waals surface area contributed by atoms with Crippen molar-refractivity contribution in [2.45, 2.75) is 45.3 Å². The Hall–Kier alpha value is -1.56. The Morgan fingerprint density at radius 1 is 1.18 bits per heavy atom. The van der Waals surface area contributed by atoms with Gasteiger partial charge in [-0.1, -0.05) is 32.9 Å². The van der Waals surface area contributed by atoms with Crippen LogP contribution in [0.2, 0.25) is 0 Å². The number of hydrogen-bond donors (Lipinski definition) is 2. The number of carbonyl (C=O) groups is 1. The van der Waals surface area contributed by atoms with Gasteiger partial charge in [-0.25, -0.2) is 0 Å². The van der Waals surface area contributed by atoms with Crippen LogP contribution in [0.4, 0.5) is 13.2 Å². The highest BCUT2D eigenvalue weighted by Crippen LogP contribution is 2.30. The predicted octanol–water partition coefficient (Wildman–Crippen LogP) is 3.90. The molecule has 0 aliphatic rings. The molecule has 6 heteroatoms. The first kappa shape index (κ1) is 18.5. The quantitative estimate of drug-likeness (QED) is 0.802. The smallest absolute Gasteiger partial charge is 0.416 e. The van der Waals surface area contributed by atoms with Crippen LogP contribution in [0.15, 0.2) is 24.3 Å². The number of rotatable bonds is 7. The van der Waals surface area contributed by atoms with Gasteiger partial charge in [0.25, 0.3) is 0 Å². The molecule has 0 aliphatic carbocycles. The Bertz CT molecular complexity index is 483. The number of nitrogens with one attached hydrogen (secondary N) is 1. The average molecular weight is 317 g/mol. The number of hydrogen-bond acceptors (Lipinski definition) is 2. The zero-order valence-corrected chi connectivity index (χ0v) is 12.9. The van der Waals surface area contributed by atoms with Crippen molar-refractivity contribution < 1.29 is 23.1 Å². The van der Waals surface area contributed by atoms with E-state index in [4.69, 9.17) is 5.11 Å². The lowest BCUT2D eigenvalue weighted by Gasteiger charge is -2.20. The summed E-state index contributed by atoms with van der Waals surface area (Å²) in [5, 5.41) is 12.1. The van der Waals surface area contributed by atoms with Crippen LogP contribution in [0.3, 0.4) is 0 Å². The lowest BCUT2D eigenvalue weighted by molar-refractivity contribution is -0.140. The monoisotopic (exact) mass is 317 g/mol. The molecule has 0 aliphatic heterocycles. The van der Waals surface area contributed by atoms with Crippen molar-refractivity contribution >= 4 is 5.97 Å². The Morgan fingerprint density at radius 2 is 1.73 bits per heavy atom. The molecule has 0 amide bonds. The molecule has 124 valence electrons. The van der Waals surface area contributed by atoms with Crippen LogP contribution >= 0.6 is 0 Å². The van der Waals surface area contributed by atoms with E-state index in [1.54, 1.807) is 0 Å². The van der Waals surface area contributed by atoms with Gasteiger partial charge in [0.2, 0.25) is 0 Å². The van der Waals surface area contributed by atoms with E-state index in [0.29, 0.717) is 13.0 Å². The van der Waals surface area contributed by atoms with Crippen molar-refractivity contribution in [1.29, 1.82) is 0 Å². The van der Waals surface area contributed by atoms with E-state index in [0.717, 1.165) is 17.7 Å². The molecule has 1 rings (SSSR count). The fourth-order valence-electron chi connectivity index (χ4n) is 2.18. The summed E-state index contributed by atoms with van der Waals surface area (Å²) in [6, 6.07) is 4.33. The van der Waals surface area contributed by atoms with Crippen LogP contribution < -0.4 is 5.32 Å². The van der Waals surface area contributed by atoms with Crippen molar-refractivity contribution in [3.05, 3.63) is 35.4 Å². The second kappa shape index (κ2) is 7.63. The molecule has 0 heterocycles. The van der Waals surface area contributed by atoms with Gasteiger partial charge in [0.1, 0.15) is 6.04 Å². The highest BCUT2D eigenvalue weighted by atomic mass is 19.4. The summed E-state index contributed by atoms with van der Waals surface area (Å²) in [5.74, 6) is -0.736. The average Bonchev–Trinajstić information content (AvgIpc) is 2.41. The second-order valence-corrected chi connectivity index (χ2v) is 5.95. The zero-order valence-electron chi connectivity index (χ0n) is 12.9. The van der Waals surface area contributed by atoms with E-state index in [1.165, 1.54) is 12.1 Å². The molecule has 1 aromatic carbocycles. The third-order valence-electron chi connectivity index (χ3n) is 3.48. The summed E-state index contributed by atoms with van der Waals surface area (Å²) in [4.78, 5) is 11.2. The minimum atomic E-state index is -4.34. The molecule has 0 fully saturated rings.